The van der Waals surface area contributed by atoms with Gasteiger partial charge in [0.2, 0.25) is 0 Å². The van der Waals surface area contributed by atoms with Crippen LogP contribution in [0.4, 0.5) is 10.2 Å². The summed E-state index contributed by atoms with van der Waals surface area (Å²) < 4.78 is 20.1. The van der Waals surface area contributed by atoms with Crippen LogP contribution < -0.4 is 4.90 Å². The summed E-state index contributed by atoms with van der Waals surface area (Å²) in [4.78, 5) is 24.4. The number of carbonyl (C=O) groups is 1. The average Bonchev–Trinajstić information content (AvgIpc) is 3.18. The number of ether oxygens (including phenoxy) is 1. The molecule has 3 aliphatic heterocycles. The van der Waals surface area contributed by atoms with Crippen molar-refractivity contribution < 1.29 is 19.0 Å². The third-order valence-electron chi connectivity index (χ3n) is 6.25. The normalized spacial score (nSPS) is 29.9. The van der Waals surface area contributed by atoms with Gasteiger partial charge in [0.1, 0.15) is 11.7 Å². The number of rotatable bonds is 4. The molecule has 0 amide bonds. The third-order valence-corrected chi connectivity index (χ3v) is 6.25. The summed E-state index contributed by atoms with van der Waals surface area (Å²) in [5, 5.41) is 10.0. The van der Waals surface area contributed by atoms with Crippen LogP contribution in [0.15, 0.2) is 6.33 Å². The highest BCUT2D eigenvalue weighted by Crippen LogP contribution is 2.45. The average molecular weight is 364 g/mol. The summed E-state index contributed by atoms with van der Waals surface area (Å²) in [6.07, 6.45) is 3.76. The zero-order valence-electron chi connectivity index (χ0n) is 15.0. The minimum absolute atomic E-state index is 0.0257. The molecule has 1 aromatic rings. The zero-order chi connectivity index (χ0) is 18.3. The van der Waals surface area contributed by atoms with Crippen LogP contribution >= 0.6 is 0 Å². The largest absolute Gasteiger partial charge is 0.481 e. The fourth-order valence-corrected chi connectivity index (χ4v) is 4.76. The van der Waals surface area contributed by atoms with Crippen molar-refractivity contribution in [1.82, 2.24) is 14.9 Å². The molecular weight excluding hydrogens is 339 g/mol. The van der Waals surface area contributed by atoms with E-state index < -0.39 is 17.2 Å². The first kappa shape index (κ1) is 17.6. The molecule has 26 heavy (non-hydrogen) atoms. The van der Waals surface area contributed by atoms with Gasteiger partial charge in [-0.05, 0) is 19.3 Å². The molecule has 3 aliphatic rings. The van der Waals surface area contributed by atoms with Crippen LogP contribution in [0.25, 0.3) is 0 Å². The summed E-state index contributed by atoms with van der Waals surface area (Å²) in [7, 11) is 0. The van der Waals surface area contributed by atoms with E-state index in [1.807, 2.05) is 6.92 Å². The minimum Gasteiger partial charge on any atom is -0.481 e. The van der Waals surface area contributed by atoms with Gasteiger partial charge in [0.15, 0.2) is 11.6 Å². The number of nitrogens with zero attached hydrogens (tertiary/aromatic N) is 4. The van der Waals surface area contributed by atoms with E-state index in [-0.39, 0.29) is 11.7 Å². The summed E-state index contributed by atoms with van der Waals surface area (Å²) in [6, 6.07) is 0.390. The number of hydrogen-bond donors (Lipinski definition) is 1. The highest BCUT2D eigenvalue weighted by Gasteiger charge is 2.59. The highest BCUT2D eigenvalue weighted by atomic mass is 19.1. The Morgan fingerprint density at radius 3 is 2.77 bits per heavy atom. The Labute approximate surface area is 152 Å². The van der Waals surface area contributed by atoms with E-state index in [0.717, 1.165) is 32.6 Å². The molecule has 8 heteroatoms. The lowest BCUT2D eigenvalue weighted by Gasteiger charge is -2.33. The molecular formula is C18H25FN4O3. The Morgan fingerprint density at radius 2 is 2.12 bits per heavy atom. The van der Waals surface area contributed by atoms with Gasteiger partial charge in [0.25, 0.3) is 0 Å². The smallest absolute Gasteiger partial charge is 0.313 e. The van der Waals surface area contributed by atoms with Crippen LogP contribution in [-0.2, 0) is 16.0 Å². The van der Waals surface area contributed by atoms with Crippen LogP contribution in [0, 0.1) is 17.2 Å². The number of carboxylic acids is 1. The van der Waals surface area contributed by atoms with E-state index in [2.05, 4.69) is 14.9 Å². The zero-order valence-corrected chi connectivity index (χ0v) is 15.0. The molecule has 3 fully saturated rings. The molecule has 0 bridgehead atoms. The predicted octanol–water partition coefficient (Wildman–Crippen LogP) is 1.18. The van der Waals surface area contributed by atoms with Crippen molar-refractivity contribution in [2.75, 3.05) is 44.3 Å². The van der Waals surface area contributed by atoms with Crippen LogP contribution in [-0.4, -0.2) is 71.4 Å². The summed E-state index contributed by atoms with van der Waals surface area (Å²) >= 11 is 0. The molecule has 1 aromatic heterocycles. The molecule has 0 aliphatic carbocycles. The SMILES string of the molecule is CCc1ncnc(N2C[C@@H]3CN(C4CCOCC4)C[C@]3(C(=O)O)C2)c1F. The van der Waals surface area contributed by atoms with Crippen molar-refractivity contribution in [1.29, 1.82) is 0 Å². The van der Waals surface area contributed by atoms with E-state index in [1.165, 1.54) is 6.33 Å². The Balaban J connectivity index is 1.56. The van der Waals surface area contributed by atoms with Gasteiger partial charge in [-0.2, -0.15) is 0 Å². The number of aryl methyl sites for hydroxylation is 1. The van der Waals surface area contributed by atoms with Gasteiger partial charge in [0, 0.05) is 51.4 Å². The first-order chi connectivity index (χ1) is 12.5. The second kappa shape index (κ2) is 6.74. The molecule has 0 unspecified atom stereocenters. The Hall–Kier alpha value is -1.80. The number of fused-ring (bicyclic) bond motifs is 1. The van der Waals surface area contributed by atoms with Crippen LogP contribution in [0.1, 0.15) is 25.5 Å². The summed E-state index contributed by atoms with van der Waals surface area (Å²) in [5.41, 5.74) is -0.484. The molecule has 142 valence electrons. The van der Waals surface area contributed by atoms with Crippen molar-refractivity contribution in [3.63, 3.8) is 0 Å². The molecule has 2 atom stereocenters. The van der Waals surface area contributed by atoms with Crippen LogP contribution in [0.3, 0.4) is 0 Å². The van der Waals surface area contributed by atoms with Crippen LogP contribution in [0.5, 0.6) is 0 Å². The standard InChI is InChI=1S/C18H25FN4O3/c1-2-14-15(19)16(21-11-20-14)23-8-12-7-22(13-3-5-26-6-4-13)9-18(12,10-23)17(24)25/h11-13H,2-10H2,1H3,(H,24,25)/t12-,18-/m0/s1. The molecule has 4 rings (SSSR count). The van der Waals surface area contributed by atoms with Crippen molar-refractivity contribution in [3.8, 4) is 0 Å². The maximum atomic E-state index is 14.7. The number of halogens is 1. The second-order valence-corrected chi connectivity index (χ2v) is 7.62. The van der Waals surface area contributed by atoms with Crippen LogP contribution in [0.2, 0.25) is 0 Å². The fourth-order valence-electron chi connectivity index (χ4n) is 4.76. The lowest BCUT2D eigenvalue weighted by atomic mass is 9.81. The van der Waals surface area contributed by atoms with E-state index in [1.54, 1.807) is 4.90 Å². The maximum Gasteiger partial charge on any atom is 0.313 e. The Kier molecular flexibility index (Phi) is 4.56. The van der Waals surface area contributed by atoms with Gasteiger partial charge in [-0.1, -0.05) is 6.92 Å². The number of anilines is 1. The topological polar surface area (TPSA) is 78.8 Å². The first-order valence-electron chi connectivity index (χ1n) is 9.34. The monoisotopic (exact) mass is 364 g/mol. The first-order valence-corrected chi connectivity index (χ1v) is 9.34. The number of aliphatic carboxylic acids is 1. The lowest BCUT2D eigenvalue weighted by Crippen LogP contribution is -2.44. The predicted molar refractivity (Wildman–Crippen MR) is 92.6 cm³/mol. The number of aromatic nitrogens is 2. The molecule has 4 heterocycles. The van der Waals surface area contributed by atoms with Crippen molar-refractivity contribution in [2.45, 2.75) is 32.2 Å². The maximum absolute atomic E-state index is 14.7. The highest BCUT2D eigenvalue weighted by molar-refractivity contribution is 5.78. The van der Waals surface area contributed by atoms with Crippen molar-refractivity contribution in [2.24, 2.45) is 11.3 Å². The van der Waals surface area contributed by atoms with Gasteiger partial charge < -0.3 is 14.7 Å². The van der Waals surface area contributed by atoms with Crippen molar-refractivity contribution in [3.05, 3.63) is 17.8 Å². The van der Waals surface area contributed by atoms with E-state index in [9.17, 15) is 14.3 Å². The Morgan fingerprint density at radius 1 is 1.35 bits per heavy atom. The molecule has 1 N–H and O–H groups in total. The number of carboxylic acid groups (broad SMARTS) is 1. The quantitative estimate of drug-likeness (QED) is 0.859. The lowest BCUT2D eigenvalue weighted by molar-refractivity contribution is -0.148. The Bertz CT molecular complexity index is 697. The van der Waals surface area contributed by atoms with Crippen molar-refractivity contribution >= 4 is 11.8 Å². The van der Waals surface area contributed by atoms with Gasteiger partial charge in [-0.3, -0.25) is 9.69 Å². The fraction of sp³-hybridized carbons (Fsp3) is 0.722. The van der Waals surface area contributed by atoms with Gasteiger partial charge in [-0.25, -0.2) is 14.4 Å². The molecule has 0 spiro atoms. The third kappa shape index (κ3) is 2.75. The minimum atomic E-state index is -0.859. The van der Waals surface area contributed by atoms with E-state index in [4.69, 9.17) is 4.74 Å². The van der Waals surface area contributed by atoms with Gasteiger partial charge in [-0.15, -0.1) is 0 Å². The molecule has 0 aromatic carbocycles. The second-order valence-electron chi connectivity index (χ2n) is 7.62. The van der Waals surface area contributed by atoms with E-state index in [0.29, 0.717) is 37.8 Å². The number of likely N-dealkylation sites (tertiary alicyclic amines) is 1. The van der Waals surface area contributed by atoms with Gasteiger partial charge in [0.05, 0.1) is 5.69 Å². The molecule has 0 saturated carbocycles. The summed E-state index contributed by atoms with van der Waals surface area (Å²) in [5.74, 6) is -0.992. The molecule has 3 saturated heterocycles. The summed E-state index contributed by atoms with van der Waals surface area (Å²) in [6.45, 7) is 5.39. The van der Waals surface area contributed by atoms with E-state index >= 15 is 0 Å². The molecule has 0 radical (unpaired) electrons. The number of hydrogen-bond acceptors (Lipinski definition) is 6. The molecule has 7 nitrogen and oxygen atoms in total. The van der Waals surface area contributed by atoms with Gasteiger partial charge >= 0.3 is 5.97 Å².